The van der Waals surface area contributed by atoms with Gasteiger partial charge in [0.25, 0.3) is 5.91 Å². The van der Waals surface area contributed by atoms with E-state index >= 15 is 0 Å². The first kappa shape index (κ1) is 25.6. The molecule has 0 aromatic heterocycles. The van der Waals surface area contributed by atoms with Gasteiger partial charge >= 0.3 is 0 Å². The largest absolute Gasteiger partial charge is 0.483 e. The summed E-state index contributed by atoms with van der Waals surface area (Å²) in [6.07, 6.45) is 6.74. The Bertz CT molecular complexity index is 919. The van der Waals surface area contributed by atoms with Crippen molar-refractivity contribution in [1.82, 2.24) is 10.2 Å². The Morgan fingerprint density at radius 3 is 2.55 bits per heavy atom. The Kier molecular flexibility index (Phi) is 10.1. The number of halogens is 2. The van der Waals surface area contributed by atoms with Gasteiger partial charge in [-0.05, 0) is 65.4 Å². The van der Waals surface area contributed by atoms with Gasteiger partial charge in [-0.2, -0.15) is 0 Å². The SMILES string of the molecule is CC[C@H](C(=O)NC1CCCCC1)N(CCc1ccccc1)C(=O)COc1ccc(Cl)cc1Br. The number of hydrogen-bond donors (Lipinski definition) is 1. The minimum absolute atomic E-state index is 0.0708. The van der Waals surface area contributed by atoms with Crippen molar-refractivity contribution in [3.63, 3.8) is 0 Å². The molecule has 0 heterocycles. The first-order valence-corrected chi connectivity index (χ1v) is 12.9. The monoisotopic (exact) mass is 534 g/mol. The highest BCUT2D eigenvalue weighted by molar-refractivity contribution is 9.10. The molecule has 0 aliphatic heterocycles. The van der Waals surface area contributed by atoms with Gasteiger partial charge in [0.1, 0.15) is 11.8 Å². The van der Waals surface area contributed by atoms with E-state index in [1.54, 1.807) is 23.1 Å². The number of amides is 2. The molecule has 2 aromatic rings. The first-order valence-electron chi connectivity index (χ1n) is 11.7. The van der Waals surface area contributed by atoms with Crippen LogP contribution >= 0.6 is 27.5 Å². The summed E-state index contributed by atoms with van der Waals surface area (Å²) in [6.45, 7) is 2.25. The normalized spacial score (nSPS) is 15.0. The summed E-state index contributed by atoms with van der Waals surface area (Å²) in [6, 6.07) is 14.8. The molecular weight excluding hydrogens is 504 g/mol. The molecule has 0 spiro atoms. The molecule has 1 aliphatic carbocycles. The summed E-state index contributed by atoms with van der Waals surface area (Å²) < 4.78 is 6.46. The molecule has 7 heteroatoms. The van der Waals surface area contributed by atoms with Gasteiger partial charge in [0.15, 0.2) is 6.61 Å². The van der Waals surface area contributed by atoms with Crippen molar-refractivity contribution in [2.24, 2.45) is 0 Å². The van der Waals surface area contributed by atoms with Crippen LogP contribution in [0.3, 0.4) is 0 Å². The molecule has 1 fully saturated rings. The smallest absolute Gasteiger partial charge is 0.261 e. The molecule has 3 rings (SSSR count). The summed E-state index contributed by atoms with van der Waals surface area (Å²) in [5.74, 6) is 0.257. The van der Waals surface area contributed by atoms with Gasteiger partial charge in [-0.15, -0.1) is 0 Å². The maximum absolute atomic E-state index is 13.3. The number of nitrogens with one attached hydrogen (secondary N) is 1. The lowest BCUT2D eigenvalue weighted by molar-refractivity contribution is -0.142. The third-order valence-corrected chi connectivity index (χ3v) is 6.92. The zero-order chi connectivity index (χ0) is 23.6. The van der Waals surface area contributed by atoms with E-state index in [2.05, 4.69) is 21.2 Å². The van der Waals surface area contributed by atoms with Crippen LogP contribution in [0, 0.1) is 0 Å². The van der Waals surface area contributed by atoms with E-state index < -0.39 is 6.04 Å². The lowest BCUT2D eigenvalue weighted by atomic mass is 9.95. The molecule has 5 nitrogen and oxygen atoms in total. The number of carbonyl (C=O) groups excluding carboxylic acids is 2. The summed E-state index contributed by atoms with van der Waals surface area (Å²) >= 11 is 9.42. The molecule has 0 saturated heterocycles. The standard InChI is InChI=1S/C26H32BrClN2O3/c1-2-23(26(32)29-21-11-7-4-8-12-21)30(16-15-19-9-5-3-6-10-19)25(31)18-33-24-14-13-20(28)17-22(24)27/h3,5-6,9-10,13-14,17,21,23H,2,4,7-8,11-12,15-16,18H2,1H3,(H,29,32)/t23-/m1/s1. The molecule has 1 atom stereocenters. The number of nitrogens with zero attached hydrogens (tertiary/aromatic N) is 1. The van der Waals surface area contributed by atoms with Crippen LogP contribution in [0.25, 0.3) is 0 Å². The molecule has 1 saturated carbocycles. The van der Waals surface area contributed by atoms with E-state index in [1.807, 2.05) is 37.3 Å². The maximum Gasteiger partial charge on any atom is 0.261 e. The van der Waals surface area contributed by atoms with Crippen LogP contribution in [-0.4, -0.2) is 41.9 Å². The van der Waals surface area contributed by atoms with E-state index in [1.165, 1.54) is 6.42 Å². The molecule has 1 N–H and O–H groups in total. The Morgan fingerprint density at radius 2 is 1.88 bits per heavy atom. The van der Waals surface area contributed by atoms with Gasteiger partial charge in [0.2, 0.25) is 5.91 Å². The van der Waals surface area contributed by atoms with Crippen LogP contribution in [0.15, 0.2) is 53.0 Å². The average molecular weight is 536 g/mol. The number of hydrogen-bond acceptors (Lipinski definition) is 3. The number of carbonyl (C=O) groups is 2. The number of ether oxygens (including phenoxy) is 1. The number of rotatable bonds is 10. The van der Waals surface area contributed by atoms with Crippen LogP contribution in [-0.2, 0) is 16.0 Å². The van der Waals surface area contributed by atoms with Gasteiger partial charge in [-0.3, -0.25) is 9.59 Å². The summed E-state index contributed by atoms with van der Waals surface area (Å²) in [7, 11) is 0. The Hall–Kier alpha value is -2.05. The minimum atomic E-state index is -0.527. The third kappa shape index (κ3) is 7.75. The highest BCUT2D eigenvalue weighted by Crippen LogP contribution is 2.28. The van der Waals surface area contributed by atoms with Crippen LogP contribution in [0.5, 0.6) is 5.75 Å². The van der Waals surface area contributed by atoms with Crippen molar-refractivity contribution in [3.8, 4) is 5.75 Å². The molecule has 0 unspecified atom stereocenters. The average Bonchev–Trinajstić information content (AvgIpc) is 2.82. The minimum Gasteiger partial charge on any atom is -0.483 e. The van der Waals surface area contributed by atoms with E-state index in [9.17, 15) is 9.59 Å². The highest BCUT2D eigenvalue weighted by atomic mass is 79.9. The fraction of sp³-hybridized carbons (Fsp3) is 0.462. The molecule has 178 valence electrons. The molecular formula is C26H32BrClN2O3. The van der Waals surface area contributed by atoms with Gasteiger partial charge < -0.3 is 15.0 Å². The Balaban J connectivity index is 1.71. The summed E-state index contributed by atoms with van der Waals surface area (Å²) in [5, 5.41) is 3.78. The zero-order valence-corrected chi connectivity index (χ0v) is 21.4. The molecule has 0 bridgehead atoms. The van der Waals surface area contributed by atoms with Gasteiger partial charge in [0, 0.05) is 17.6 Å². The van der Waals surface area contributed by atoms with Gasteiger partial charge in [-0.1, -0.05) is 68.1 Å². The topological polar surface area (TPSA) is 58.6 Å². The molecule has 0 radical (unpaired) electrons. The van der Waals surface area contributed by atoms with Crippen molar-refractivity contribution >= 4 is 39.3 Å². The predicted octanol–water partition coefficient (Wildman–Crippen LogP) is 5.78. The molecule has 1 aliphatic rings. The van der Waals surface area contributed by atoms with Crippen molar-refractivity contribution in [3.05, 3.63) is 63.6 Å². The van der Waals surface area contributed by atoms with Gasteiger partial charge in [-0.25, -0.2) is 0 Å². The van der Waals surface area contributed by atoms with E-state index in [-0.39, 0.29) is 24.5 Å². The second-order valence-corrected chi connectivity index (χ2v) is 9.74. The Labute approximate surface area is 210 Å². The second-order valence-electron chi connectivity index (χ2n) is 8.45. The molecule has 2 aromatic carbocycles. The second kappa shape index (κ2) is 13.0. The highest BCUT2D eigenvalue weighted by Gasteiger charge is 2.30. The Morgan fingerprint density at radius 1 is 1.15 bits per heavy atom. The third-order valence-electron chi connectivity index (χ3n) is 6.07. The number of benzene rings is 2. The van der Waals surface area contributed by atoms with E-state index in [0.29, 0.717) is 34.6 Å². The van der Waals surface area contributed by atoms with Gasteiger partial charge in [0.05, 0.1) is 4.47 Å². The van der Waals surface area contributed by atoms with Crippen LogP contribution in [0.4, 0.5) is 0 Å². The fourth-order valence-electron chi connectivity index (χ4n) is 4.25. The van der Waals surface area contributed by atoms with E-state index in [0.717, 1.165) is 31.2 Å². The van der Waals surface area contributed by atoms with Crippen LogP contribution in [0.2, 0.25) is 5.02 Å². The first-order chi connectivity index (χ1) is 16.0. The lowest BCUT2D eigenvalue weighted by Crippen LogP contribution is -2.53. The summed E-state index contributed by atoms with van der Waals surface area (Å²) in [5.41, 5.74) is 1.12. The quantitative estimate of drug-likeness (QED) is 0.419. The molecule has 2 amide bonds. The van der Waals surface area contributed by atoms with Crippen molar-refractivity contribution in [1.29, 1.82) is 0 Å². The van der Waals surface area contributed by atoms with Crippen molar-refractivity contribution < 1.29 is 14.3 Å². The molecule has 33 heavy (non-hydrogen) atoms. The summed E-state index contributed by atoms with van der Waals surface area (Å²) in [4.78, 5) is 28.2. The van der Waals surface area contributed by atoms with Crippen LogP contribution < -0.4 is 10.1 Å². The maximum atomic E-state index is 13.3. The zero-order valence-electron chi connectivity index (χ0n) is 19.1. The van der Waals surface area contributed by atoms with E-state index in [4.69, 9.17) is 16.3 Å². The van der Waals surface area contributed by atoms with Crippen LogP contribution in [0.1, 0.15) is 51.0 Å². The van der Waals surface area contributed by atoms with Crippen molar-refractivity contribution in [2.45, 2.75) is 64.0 Å². The van der Waals surface area contributed by atoms with Crippen molar-refractivity contribution in [2.75, 3.05) is 13.2 Å². The fourth-order valence-corrected chi connectivity index (χ4v) is 5.05. The lowest BCUT2D eigenvalue weighted by Gasteiger charge is -2.32. The predicted molar refractivity (Wildman–Crippen MR) is 136 cm³/mol.